The van der Waals surface area contributed by atoms with E-state index in [0.29, 0.717) is 28.2 Å². The van der Waals surface area contributed by atoms with Gasteiger partial charge in [0.05, 0.1) is 11.0 Å². The van der Waals surface area contributed by atoms with Crippen molar-refractivity contribution in [3.05, 3.63) is 184 Å². The van der Waals surface area contributed by atoms with Gasteiger partial charge in [0.15, 0.2) is 0 Å². The SMILES string of the molecule is Cn1cc(-c2cccc3ccc(Nc4ccccc4)nc23)cc1C(N)=O.Cn1cc(Br)cc1C(=O)O.Cn1cc(Br)cc1C(N)=O.OB(O)c1cccc2ccc(Nc3ccccc3)nc12. The van der Waals surface area contributed by atoms with Crippen molar-refractivity contribution in [1.29, 1.82) is 0 Å². The van der Waals surface area contributed by atoms with E-state index in [2.05, 4.69) is 47.5 Å². The third-order valence-corrected chi connectivity index (χ3v) is 10.7. The van der Waals surface area contributed by atoms with Crippen LogP contribution in [0.2, 0.25) is 0 Å². The second kappa shape index (κ2) is 21.9. The molecule has 0 saturated heterocycles. The Morgan fingerprint density at radius 1 is 0.561 bits per heavy atom. The molecule has 0 atom stereocenters. The number of fused-ring (bicyclic) bond motifs is 2. The summed E-state index contributed by atoms with van der Waals surface area (Å²) in [5.74, 6) is -0.334. The van der Waals surface area contributed by atoms with E-state index < -0.39 is 24.9 Å². The van der Waals surface area contributed by atoms with E-state index >= 15 is 0 Å². The Bertz CT molecular complexity index is 3080. The third-order valence-electron chi connectivity index (χ3n) is 9.83. The fourth-order valence-corrected chi connectivity index (χ4v) is 7.75. The van der Waals surface area contributed by atoms with Crippen LogP contribution in [0.15, 0.2) is 167 Å². The highest BCUT2D eigenvalue weighted by atomic mass is 79.9. The second-order valence-corrected chi connectivity index (χ2v) is 16.4. The summed E-state index contributed by atoms with van der Waals surface area (Å²) in [4.78, 5) is 41.8. The number of pyridine rings is 2. The van der Waals surface area contributed by atoms with Gasteiger partial charge in [-0.3, -0.25) is 9.59 Å². The van der Waals surface area contributed by atoms with Crippen LogP contribution in [0.25, 0.3) is 32.9 Å². The van der Waals surface area contributed by atoms with Crippen molar-refractivity contribution in [2.45, 2.75) is 0 Å². The Morgan fingerprint density at radius 2 is 1.02 bits per heavy atom. The summed E-state index contributed by atoms with van der Waals surface area (Å²) in [7, 11) is 3.74. The van der Waals surface area contributed by atoms with E-state index in [9.17, 15) is 24.4 Å². The number of aromatic carboxylic acids is 1. The van der Waals surface area contributed by atoms with Gasteiger partial charge in [-0.05, 0) is 104 Å². The predicted molar refractivity (Wildman–Crippen MR) is 267 cm³/mol. The Labute approximate surface area is 396 Å². The summed E-state index contributed by atoms with van der Waals surface area (Å²) in [5.41, 5.74) is 17.4. The quantitative estimate of drug-likeness (QED) is 0.0687. The molecule has 18 heteroatoms. The molecule has 9 N–H and O–H groups in total. The minimum absolute atomic E-state index is 0.284. The van der Waals surface area contributed by atoms with E-state index in [1.165, 1.54) is 0 Å². The van der Waals surface area contributed by atoms with Crippen molar-refractivity contribution in [1.82, 2.24) is 23.7 Å². The normalized spacial score (nSPS) is 10.4. The molecule has 0 fully saturated rings. The number of carboxylic acids is 1. The molecule has 2 amide bonds. The number of nitrogens with two attached hydrogens (primary N) is 2. The second-order valence-electron chi connectivity index (χ2n) is 14.6. The number of carbonyl (C=O) groups excluding carboxylic acids is 2. The number of nitrogens with one attached hydrogen (secondary N) is 2. The summed E-state index contributed by atoms with van der Waals surface area (Å²) in [6, 6.07) is 43.8. The van der Waals surface area contributed by atoms with Crippen molar-refractivity contribution < 1.29 is 29.5 Å². The minimum atomic E-state index is -1.53. The van der Waals surface area contributed by atoms with Crippen molar-refractivity contribution in [2.24, 2.45) is 32.6 Å². The number of hydrogen-bond donors (Lipinski definition) is 7. The van der Waals surface area contributed by atoms with Gasteiger partial charge in [0.1, 0.15) is 28.7 Å². The lowest BCUT2D eigenvalue weighted by Crippen LogP contribution is -2.30. The summed E-state index contributed by atoms with van der Waals surface area (Å²) in [6.45, 7) is 0. The molecule has 0 bridgehead atoms. The molecule has 5 aromatic heterocycles. The maximum absolute atomic E-state index is 11.6. The van der Waals surface area contributed by atoms with Crippen LogP contribution >= 0.6 is 31.9 Å². The van der Waals surface area contributed by atoms with Crippen molar-refractivity contribution in [3.8, 4) is 11.1 Å². The number of benzene rings is 4. The fourth-order valence-electron chi connectivity index (χ4n) is 6.70. The fraction of sp³-hybridized carbons (Fsp3) is 0.0625. The van der Waals surface area contributed by atoms with Gasteiger partial charge >= 0.3 is 13.1 Å². The van der Waals surface area contributed by atoms with E-state index in [1.807, 2.05) is 122 Å². The van der Waals surface area contributed by atoms with Gasteiger partial charge in [-0.25, -0.2) is 14.8 Å². The lowest BCUT2D eigenvalue weighted by atomic mass is 9.79. The first-order valence-corrected chi connectivity index (χ1v) is 21.6. The van der Waals surface area contributed by atoms with E-state index in [0.717, 1.165) is 53.6 Å². The zero-order valence-electron chi connectivity index (χ0n) is 35.8. The molecule has 0 saturated carbocycles. The van der Waals surface area contributed by atoms with Crippen LogP contribution < -0.4 is 27.6 Å². The first-order valence-electron chi connectivity index (χ1n) is 20.0. The minimum Gasteiger partial charge on any atom is -0.477 e. The molecule has 0 spiro atoms. The average molecular weight is 1010 g/mol. The number of nitrogens with zero attached hydrogens (tertiary/aromatic N) is 5. The number of carboxylic acid groups (broad SMARTS) is 1. The van der Waals surface area contributed by atoms with Crippen LogP contribution in [-0.2, 0) is 21.1 Å². The number of halogens is 2. The molecular formula is C48H44BBr2N9O6. The number of rotatable bonds is 9. The van der Waals surface area contributed by atoms with E-state index in [4.69, 9.17) is 21.6 Å². The van der Waals surface area contributed by atoms with Crippen LogP contribution in [0, 0.1) is 0 Å². The van der Waals surface area contributed by atoms with Crippen molar-refractivity contribution in [2.75, 3.05) is 10.6 Å². The molecule has 9 aromatic rings. The maximum Gasteiger partial charge on any atom is 0.490 e. The molecular weight excluding hydrogens is 969 g/mol. The molecule has 5 heterocycles. The molecule has 9 rings (SSSR count). The maximum atomic E-state index is 11.6. The zero-order chi connectivity index (χ0) is 47.5. The zero-order valence-corrected chi connectivity index (χ0v) is 39.0. The van der Waals surface area contributed by atoms with Gasteiger partial charge in [0.25, 0.3) is 11.8 Å². The first kappa shape index (κ1) is 48.0. The Morgan fingerprint density at radius 3 is 1.44 bits per heavy atom. The number of carbonyl (C=O) groups is 3. The molecule has 0 aliphatic heterocycles. The molecule has 334 valence electrons. The van der Waals surface area contributed by atoms with Crippen LogP contribution in [0.3, 0.4) is 0 Å². The molecule has 66 heavy (non-hydrogen) atoms. The molecule has 0 unspecified atom stereocenters. The Hall–Kier alpha value is -7.51. The number of anilines is 4. The summed E-state index contributed by atoms with van der Waals surface area (Å²) in [5, 5.41) is 35.7. The van der Waals surface area contributed by atoms with Crippen LogP contribution in [0.1, 0.15) is 31.5 Å². The van der Waals surface area contributed by atoms with E-state index in [-0.39, 0.29) is 5.69 Å². The third kappa shape index (κ3) is 12.4. The summed E-state index contributed by atoms with van der Waals surface area (Å²) in [6.07, 6.45) is 5.37. The monoisotopic (exact) mass is 1010 g/mol. The highest BCUT2D eigenvalue weighted by Crippen LogP contribution is 2.30. The van der Waals surface area contributed by atoms with Crippen LogP contribution in [0.5, 0.6) is 0 Å². The number of aromatic nitrogens is 5. The predicted octanol–water partition coefficient (Wildman–Crippen LogP) is 8.11. The van der Waals surface area contributed by atoms with Gasteiger partial charge in [-0.1, -0.05) is 72.8 Å². The van der Waals surface area contributed by atoms with Crippen molar-refractivity contribution in [3.63, 3.8) is 0 Å². The molecule has 0 aliphatic carbocycles. The van der Waals surface area contributed by atoms with E-state index in [1.54, 1.807) is 70.5 Å². The largest absolute Gasteiger partial charge is 0.490 e. The lowest BCUT2D eigenvalue weighted by Gasteiger charge is -2.09. The summed E-state index contributed by atoms with van der Waals surface area (Å²) >= 11 is 6.39. The molecule has 15 nitrogen and oxygen atoms in total. The lowest BCUT2D eigenvalue weighted by molar-refractivity contribution is 0.0686. The average Bonchev–Trinajstić information content (AvgIpc) is 3.98. The summed E-state index contributed by atoms with van der Waals surface area (Å²) < 4.78 is 6.61. The van der Waals surface area contributed by atoms with Gasteiger partial charge < -0.3 is 51.0 Å². The van der Waals surface area contributed by atoms with Crippen molar-refractivity contribution >= 4 is 107 Å². The Kier molecular flexibility index (Phi) is 15.9. The highest BCUT2D eigenvalue weighted by Gasteiger charge is 2.16. The van der Waals surface area contributed by atoms with Crippen LogP contribution in [-0.4, -0.2) is 63.7 Å². The smallest absolute Gasteiger partial charge is 0.477 e. The number of amides is 2. The van der Waals surface area contributed by atoms with Gasteiger partial charge in [0, 0.05) is 82.0 Å². The molecule has 0 aliphatic rings. The first-order chi connectivity index (χ1) is 31.6. The topological polar surface area (TPSA) is 229 Å². The standard InChI is InChI=1S/C21H18N4O.C15H13BN2O2.C6H7BrN2O.C6H6BrNO2/c1-25-13-15(12-18(25)21(22)26)17-9-5-6-14-10-11-19(24-20(14)17)23-16-7-3-2-4-8-16;19-16(20)13-8-4-5-11-9-10-14(18-15(11)13)17-12-6-2-1-3-7-12;1-9-3-4(7)2-5(9)6(8)10;1-8-3-4(7)2-5(8)6(9)10/h2-13H,1H3,(H2,22,26)(H,23,24);1-10,19-20H,(H,17,18);2-3H,1H3,(H2,8,10);2-3H,1H3,(H,9,10). The highest BCUT2D eigenvalue weighted by molar-refractivity contribution is 9.10. The Balaban J connectivity index is 0.000000158. The van der Waals surface area contributed by atoms with Gasteiger partial charge in [-0.2, -0.15) is 0 Å². The number of hydrogen-bond acceptors (Lipinski definition) is 9. The molecule has 0 radical (unpaired) electrons. The van der Waals surface area contributed by atoms with Gasteiger partial charge in [0.2, 0.25) is 0 Å². The van der Waals surface area contributed by atoms with Gasteiger partial charge in [-0.15, -0.1) is 0 Å². The number of aryl methyl sites for hydroxylation is 3. The molecule has 4 aromatic carbocycles. The number of para-hydroxylation sites is 4. The van der Waals surface area contributed by atoms with Crippen LogP contribution in [0.4, 0.5) is 23.0 Å². The number of primary amides is 2.